The van der Waals surface area contributed by atoms with Gasteiger partial charge in [-0.05, 0) is 113 Å². The minimum Gasteiger partial charge on any atom is -0.154 e. The number of fused-ring (bicyclic) bond motifs is 2. The molecule has 11 rings (SSSR count). The van der Waals surface area contributed by atoms with Gasteiger partial charge in [-0.2, -0.15) is 9.36 Å². The summed E-state index contributed by atoms with van der Waals surface area (Å²) in [5, 5.41) is 0. The number of rotatable bonds is 2. The van der Waals surface area contributed by atoms with Crippen LogP contribution in [0.4, 0.5) is 0 Å². The number of aryl methyl sites for hydroxylation is 4. The Morgan fingerprint density at radius 3 is 1.18 bits per heavy atom. The average Bonchev–Trinajstić information content (AvgIpc) is 3.37. The fraction of sp³-hybridized carbons (Fsp3) is 0.800. The molecule has 1 aliphatic heterocycles. The second kappa shape index (κ2) is 6.59. The summed E-state index contributed by atoms with van der Waals surface area (Å²) in [6.07, 6.45) is 28.5. The van der Waals surface area contributed by atoms with Crippen LogP contribution in [-0.2, 0) is 37.0 Å². The quantitative estimate of drug-likeness (QED) is 0.589. The molecule has 0 atom stereocenters. The third kappa shape index (κ3) is 2.72. The summed E-state index contributed by atoms with van der Waals surface area (Å²) >= 11 is 0. The highest BCUT2D eigenvalue weighted by atomic mass is 15.5. The lowest BCUT2D eigenvalue weighted by molar-refractivity contribution is -0.825. The number of nitrogens with zero attached hydrogens (tertiary/aromatic N) is 4. The van der Waals surface area contributed by atoms with E-state index in [1.54, 1.807) is 11.1 Å². The Labute approximate surface area is 204 Å². The highest BCUT2D eigenvalue weighted by molar-refractivity contribution is 5.25. The molecule has 0 unspecified atom stereocenters. The smallest absolute Gasteiger partial charge is 0.154 e. The molecule has 8 saturated carbocycles. The van der Waals surface area contributed by atoms with Crippen LogP contribution in [0.25, 0.3) is 0 Å². The molecule has 0 saturated heterocycles. The Hall–Kier alpha value is -1.58. The van der Waals surface area contributed by atoms with Gasteiger partial charge in [0.1, 0.15) is 13.1 Å². The summed E-state index contributed by atoms with van der Waals surface area (Å²) in [4.78, 5) is 0. The largest absolute Gasteiger partial charge is 0.199 e. The fourth-order valence-corrected chi connectivity index (χ4v) is 11.7. The summed E-state index contributed by atoms with van der Waals surface area (Å²) in [6, 6.07) is 0. The molecule has 0 radical (unpaired) electrons. The molecule has 8 bridgehead atoms. The van der Waals surface area contributed by atoms with Gasteiger partial charge in [0.05, 0.1) is 12.4 Å². The average molecular weight is 459 g/mol. The van der Waals surface area contributed by atoms with Crippen molar-refractivity contribution in [1.82, 2.24) is 9.36 Å². The molecule has 180 valence electrons. The van der Waals surface area contributed by atoms with E-state index in [2.05, 4.69) is 43.5 Å². The van der Waals surface area contributed by atoms with Gasteiger partial charge in [0.2, 0.25) is 0 Å². The van der Waals surface area contributed by atoms with E-state index in [9.17, 15) is 0 Å². The summed E-state index contributed by atoms with van der Waals surface area (Å²) < 4.78 is 10.3. The Morgan fingerprint density at radius 2 is 0.853 bits per heavy atom. The summed E-state index contributed by atoms with van der Waals surface area (Å²) in [7, 11) is 0. The molecule has 0 amide bonds. The SMILES string of the molecule is c1c(C23CC4CC(CC(C4)C2)C3)c[n+]2n1CC[n+]1cc(C34CC5CC(CC(C5)C3)C4)cn1CC2. The van der Waals surface area contributed by atoms with E-state index < -0.39 is 0 Å². The van der Waals surface area contributed by atoms with Crippen molar-refractivity contribution in [1.29, 1.82) is 0 Å². The minimum absolute atomic E-state index is 0.518. The molecule has 0 spiro atoms. The van der Waals surface area contributed by atoms with E-state index in [-0.39, 0.29) is 0 Å². The Morgan fingerprint density at radius 1 is 0.529 bits per heavy atom. The van der Waals surface area contributed by atoms with E-state index >= 15 is 0 Å². The van der Waals surface area contributed by atoms with Gasteiger partial charge in [-0.25, -0.2) is 0 Å². The van der Waals surface area contributed by atoms with Crippen LogP contribution in [0.1, 0.15) is 88.2 Å². The minimum atomic E-state index is 0.518. The van der Waals surface area contributed by atoms with Crippen molar-refractivity contribution in [3.8, 4) is 0 Å². The number of hydrogen-bond donors (Lipinski definition) is 0. The van der Waals surface area contributed by atoms with Gasteiger partial charge in [-0.15, -0.1) is 9.36 Å². The predicted octanol–water partition coefficient (Wildman–Crippen LogP) is 4.51. The van der Waals surface area contributed by atoms with Crippen LogP contribution >= 0.6 is 0 Å². The van der Waals surface area contributed by atoms with E-state index in [1.165, 1.54) is 77.0 Å². The molecule has 0 N–H and O–H groups in total. The Kier molecular flexibility index (Phi) is 3.80. The monoisotopic (exact) mass is 458 g/mol. The Balaban J connectivity index is 1.00. The van der Waals surface area contributed by atoms with Gasteiger partial charge < -0.3 is 0 Å². The first-order valence-electron chi connectivity index (χ1n) is 14.8. The van der Waals surface area contributed by atoms with Crippen LogP contribution in [0.15, 0.2) is 24.8 Å². The van der Waals surface area contributed by atoms with Crippen molar-refractivity contribution in [2.75, 3.05) is 0 Å². The first kappa shape index (κ1) is 19.6. The third-order valence-electron chi connectivity index (χ3n) is 12.2. The zero-order chi connectivity index (χ0) is 22.1. The molecule has 4 nitrogen and oxygen atoms in total. The maximum absolute atomic E-state index is 2.59. The van der Waals surface area contributed by atoms with Crippen LogP contribution in [0, 0.1) is 35.5 Å². The zero-order valence-corrected chi connectivity index (χ0v) is 20.9. The summed E-state index contributed by atoms with van der Waals surface area (Å²) in [5.41, 5.74) is 4.42. The van der Waals surface area contributed by atoms with Crippen LogP contribution in [0.2, 0.25) is 0 Å². The van der Waals surface area contributed by atoms with Crippen molar-refractivity contribution in [2.45, 2.75) is 114 Å². The van der Waals surface area contributed by atoms with Crippen molar-refractivity contribution in [3.05, 3.63) is 35.9 Å². The fourth-order valence-electron chi connectivity index (χ4n) is 11.7. The van der Waals surface area contributed by atoms with Crippen molar-refractivity contribution in [2.24, 2.45) is 35.5 Å². The van der Waals surface area contributed by atoms with Gasteiger partial charge in [0.25, 0.3) is 0 Å². The topological polar surface area (TPSA) is 17.6 Å². The van der Waals surface area contributed by atoms with Crippen LogP contribution in [0.3, 0.4) is 0 Å². The molecule has 3 heterocycles. The lowest BCUT2D eigenvalue weighted by atomic mass is 9.48. The van der Waals surface area contributed by atoms with Crippen molar-refractivity contribution in [3.63, 3.8) is 0 Å². The standard InChI is InChI=1S/C30H42N4/c1-2-32-18-28(30-14-24-8-25(15-30)10-26(9-24)16-30)20-34(32)4-3-33-19-27(17-31(1)33)29-11-21-5-22(12-29)7-23(6-21)13-29/h17-26H,1-16H2/q+2. The molecule has 4 heteroatoms. The summed E-state index contributed by atoms with van der Waals surface area (Å²) in [5.74, 6) is 6.16. The van der Waals surface area contributed by atoms with Crippen LogP contribution in [0.5, 0.6) is 0 Å². The van der Waals surface area contributed by atoms with E-state index in [0.717, 1.165) is 61.7 Å². The molecular formula is C30H42N4+2. The molecule has 2 aromatic heterocycles. The molecule has 8 aliphatic carbocycles. The zero-order valence-electron chi connectivity index (χ0n) is 20.9. The molecule has 0 aromatic carbocycles. The lowest BCUT2D eigenvalue weighted by Crippen LogP contribution is -2.54. The second-order valence-corrected chi connectivity index (χ2v) is 14.5. The maximum atomic E-state index is 2.59. The van der Waals surface area contributed by atoms with E-state index in [4.69, 9.17) is 0 Å². The number of hydrogen-bond acceptors (Lipinski definition) is 0. The van der Waals surface area contributed by atoms with Gasteiger partial charge in [0.15, 0.2) is 25.5 Å². The second-order valence-electron chi connectivity index (χ2n) is 14.5. The van der Waals surface area contributed by atoms with Crippen molar-refractivity contribution >= 4 is 0 Å². The number of aromatic nitrogens is 4. The molecule has 2 aromatic rings. The molecule has 34 heavy (non-hydrogen) atoms. The van der Waals surface area contributed by atoms with Crippen LogP contribution in [-0.4, -0.2) is 9.36 Å². The molecule has 9 aliphatic rings. The first-order valence-corrected chi connectivity index (χ1v) is 14.8. The van der Waals surface area contributed by atoms with Crippen molar-refractivity contribution < 1.29 is 9.36 Å². The highest BCUT2D eigenvalue weighted by Gasteiger charge is 2.54. The molecular weight excluding hydrogens is 416 g/mol. The van der Waals surface area contributed by atoms with Gasteiger partial charge in [0, 0.05) is 22.0 Å². The van der Waals surface area contributed by atoms with Gasteiger partial charge >= 0.3 is 0 Å². The van der Waals surface area contributed by atoms with Gasteiger partial charge in [-0.1, -0.05) is 0 Å². The van der Waals surface area contributed by atoms with E-state index in [0.29, 0.717) is 10.8 Å². The Bertz CT molecular complexity index is 947. The highest BCUT2D eigenvalue weighted by Crippen LogP contribution is 2.61. The summed E-state index contributed by atoms with van der Waals surface area (Å²) in [6.45, 7) is 4.45. The third-order valence-corrected chi connectivity index (χ3v) is 12.2. The normalized spacial score (nSPS) is 45.8. The first-order chi connectivity index (χ1) is 16.6. The molecule has 8 fully saturated rings. The lowest BCUT2D eigenvalue weighted by Gasteiger charge is -2.56. The predicted molar refractivity (Wildman–Crippen MR) is 129 cm³/mol. The maximum Gasteiger partial charge on any atom is 0.199 e. The van der Waals surface area contributed by atoms with E-state index in [1.807, 2.05) is 0 Å². The van der Waals surface area contributed by atoms with Gasteiger partial charge in [-0.3, -0.25) is 0 Å². The van der Waals surface area contributed by atoms with Crippen LogP contribution < -0.4 is 9.36 Å².